The van der Waals surface area contributed by atoms with Gasteiger partial charge in [-0.2, -0.15) is 13.2 Å². The Bertz CT molecular complexity index is 858. The van der Waals surface area contributed by atoms with Crippen LogP contribution in [0.1, 0.15) is 27.3 Å². The number of rotatable bonds is 1. The van der Waals surface area contributed by atoms with Crippen LogP contribution < -0.4 is 0 Å². The van der Waals surface area contributed by atoms with Gasteiger partial charge in [0, 0.05) is 13.0 Å². The van der Waals surface area contributed by atoms with Crippen molar-refractivity contribution in [3.05, 3.63) is 52.1 Å². The van der Waals surface area contributed by atoms with Crippen molar-refractivity contribution in [2.45, 2.75) is 25.4 Å². The van der Waals surface area contributed by atoms with Crippen molar-refractivity contribution in [1.29, 1.82) is 0 Å². The van der Waals surface area contributed by atoms with Crippen LogP contribution in [0.4, 0.5) is 26.3 Å². The molecule has 1 aliphatic heterocycles. The van der Waals surface area contributed by atoms with E-state index in [9.17, 15) is 31.1 Å². The number of imidazole rings is 1. The van der Waals surface area contributed by atoms with E-state index in [1.165, 1.54) is 0 Å². The van der Waals surface area contributed by atoms with Crippen LogP contribution in [0.25, 0.3) is 0 Å². The van der Waals surface area contributed by atoms with Crippen LogP contribution in [0.5, 0.6) is 0 Å². The summed E-state index contributed by atoms with van der Waals surface area (Å²) in [6.07, 6.45) is -8.86. The molecule has 0 fully saturated rings. The Morgan fingerprint density at radius 2 is 1.85 bits per heavy atom. The molecule has 1 aromatic carbocycles. The maximum absolute atomic E-state index is 12.9. The number of hydrogen-bond donors (Lipinski definition) is 0. The molecule has 0 radical (unpaired) electrons. The number of amides is 1. The van der Waals surface area contributed by atoms with Crippen molar-refractivity contribution in [3.8, 4) is 0 Å². The molecule has 2 heterocycles. The van der Waals surface area contributed by atoms with E-state index in [4.69, 9.17) is 11.6 Å². The van der Waals surface area contributed by atoms with Crippen LogP contribution in [0.15, 0.2) is 24.5 Å². The number of aromatic nitrogens is 2. The molecule has 140 valence electrons. The highest BCUT2D eigenvalue weighted by molar-refractivity contribution is 6.34. The van der Waals surface area contributed by atoms with E-state index in [0.29, 0.717) is 6.33 Å². The summed E-state index contributed by atoms with van der Waals surface area (Å²) in [5.41, 5.74) is -1.54. The van der Waals surface area contributed by atoms with Gasteiger partial charge < -0.3 is 4.90 Å². The molecule has 0 N–H and O–H groups in total. The average molecular weight is 398 g/mol. The molecule has 1 aliphatic rings. The van der Waals surface area contributed by atoms with E-state index < -0.39 is 29.0 Å². The second-order valence-electron chi connectivity index (χ2n) is 5.62. The van der Waals surface area contributed by atoms with Gasteiger partial charge >= 0.3 is 12.5 Å². The number of alkyl halides is 6. The Morgan fingerprint density at radius 1 is 1.15 bits per heavy atom. The van der Waals surface area contributed by atoms with Crippen molar-refractivity contribution >= 4 is 17.5 Å². The van der Waals surface area contributed by atoms with Crippen molar-refractivity contribution in [3.63, 3.8) is 0 Å². The predicted molar refractivity (Wildman–Crippen MR) is 78.4 cm³/mol. The standard InChI is InChI=1S/C15H10ClF6N3O/c16-12-8(2-1-3-9(12)14(17,18)19)13(26)24-5-4-11-10(6-24)23-7-25(11)15(20,21)22/h1-3,7H,4-6H2. The quantitative estimate of drug-likeness (QED) is 0.675. The molecule has 2 aromatic rings. The van der Waals surface area contributed by atoms with Gasteiger partial charge in [0.05, 0.1) is 34.1 Å². The lowest BCUT2D eigenvalue weighted by atomic mass is 10.1. The van der Waals surface area contributed by atoms with E-state index >= 15 is 0 Å². The van der Waals surface area contributed by atoms with Crippen LogP contribution in [-0.4, -0.2) is 26.9 Å². The molecule has 26 heavy (non-hydrogen) atoms. The number of fused-ring (bicyclic) bond motifs is 1. The van der Waals surface area contributed by atoms with Crippen LogP contribution in [0.3, 0.4) is 0 Å². The zero-order chi connectivity index (χ0) is 19.3. The third kappa shape index (κ3) is 3.25. The van der Waals surface area contributed by atoms with Crippen LogP contribution in [-0.2, 0) is 25.4 Å². The highest BCUT2D eigenvalue weighted by Gasteiger charge is 2.38. The molecular weight excluding hydrogens is 388 g/mol. The monoisotopic (exact) mass is 397 g/mol. The second kappa shape index (κ2) is 6.19. The third-order valence-corrected chi connectivity index (χ3v) is 4.41. The molecule has 0 saturated heterocycles. The number of halogens is 7. The van der Waals surface area contributed by atoms with E-state index in [-0.39, 0.29) is 41.0 Å². The minimum atomic E-state index is -4.73. The molecule has 4 nitrogen and oxygen atoms in total. The first-order chi connectivity index (χ1) is 12.0. The van der Waals surface area contributed by atoms with Gasteiger partial charge in [-0.05, 0) is 12.1 Å². The van der Waals surface area contributed by atoms with Gasteiger partial charge in [-0.1, -0.05) is 17.7 Å². The summed E-state index contributed by atoms with van der Waals surface area (Å²) < 4.78 is 77.4. The normalized spacial score (nSPS) is 15.1. The van der Waals surface area contributed by atoms with Crippen LogP contribution in [0, 0.1) is 0 Å². The summed E-state index contributed by atoms with van der Waals surface area (Å²) in [6, 6.07) is 2.94. The van der Waals surface area contributed by atoms with Crippen molar-refractivity contribution in [1.82, 2.24) is 14.5 Å². The van der Waals surface area contributed by atoms with E-state index in [0.717, 1.165) is 23.1 Å². The molecule has 11 heteroatoms. The maximum Gasteiger partial charge on any atom is 0.489 e. The van der Waals surface area contributed by atoms with E-state index in [2.05, 4.69) is 4.98 Å². The zero-order valence-corrected chi connectivity index (χ0v) is 13.6. The summed E-state index contributed by atoms with van der Waals surface area (Å²) in [7, 11) is 0. The molecule has 1 aromatic heterocycles. The van der Waals surface area contributed by atoms with E-state index in [1.54, 1.807) is 0 Å². The van der Waals surface area contributed by atoms with Gasteiger partial charge in [0.15, 0.2) is 0 Å². The van der Waals surface area contributed by atoms with Gasteiger partial charge in [0.25, 0.3) is 5.91 Å². The van der Waals surface area contributed by atoms with Crippen molar-refractivity contribution in [2.24, 2.45) is 0 Å². The third-order valence-electron chi connectivity index (χ3n) is 4.01. The molecule has 0 atom stereocenters. The van der Waals surface area contributed by atoms with Gasteiger partial charge in [0.1, 0.15) is 6.33 Å². The lowest BCUT2D eigenvalue weighted by Gasteiger charge is -2.28. The topological polar surface area (TPSA) is 38.1 Å². The van der Waals surface area contributed by atoms with Crippen LogP contribution >= 0.6 is 11.6 Å². The molecular formula is C15H10ClF6N3O. The molecule has 0 saturated carbocycles. The first-order valence-corrected chi connectivity index (χ1v) is 7.65. The lowest BCUT2D eigenvalue weighted by molar-refractivity contribution is -0.205. The van der Waals surface area contributed by atoms with Gasteiger partial charge in [-0.25, -0.2) is 9.55 Å². The molecule has 0 aliphatic carbocycles. The van der Waals surface area contributed by atoms with Gasteiger partial charge in [-0.15, -0.1) is 13.2 Å². The number of carbonyl (C=O) groups excluding carboxylic acids is 1. The SMILES string of the molecule is O=C(c1cccc(C(F)(F)F)c1Cl)N1CCc2c(ncn2C(F)(F)F)C1. The Labute approximate surface area is 148 Å². The molecule has 0 unspecified atom stereocenters. The number of benzene rings is 1. The zero-order valence-electron chi connectivity index (χ0n) is 12.8. The summed E-state index contributed by atoms with van der Waals surface area (Å²) in [6.45, 7) is -0.343. The fraction of sp³-hybridized carbons (Fsp3) is 0.333. The second-order valence-corrected chi connectivity index (χ2v) is 6.00. The van der Waals surface area contributed by atoms with Crippen molar-refractivity contribution < 1.29 is 31.1 Å². The molecule has 3 rings (SSSR count). The Hall–Kier alpha value is -2.23. The minimum absolute atomic E-state index is 0.0463. The van der Waals surface area contributed by atoms with E-state index in [1.807, 2.05) is 0 Å². The fourth-order valence-corrected chi connectivity index (χ4v) is 3.10. The van der Waals surface area contributed by atoms with Gasteiger partial charge in [-0.3, -0.25) is 4.79 Å². The van der Waals surface area contributed by atoms with Crippen molar-refractivity contribution in [2.75, 3.05) is 6.54 Å². The Balaban J connectivity index is 1.89. The highest BCUT2D eigenvalue weighted by Crippen LogP contribution is 2.37. The smallest absolute Gasteiger partial charge is 0.332 e. The highest BCUT2D eigenvalue weighted by atomic mass is 35.5. The number of nitrogens with zero attached hydrogens (tertiary/aromatic N) is 3. The number of carbonyl (C=O) groups is 1. The maximum atomic E-state index is 12.9. The molecule has 1 amide bonds. The first kappa shape index (κ1) is 18.6. The first-order valence-electron chi connectivity index (χ1n) is 7.27. The summed E-state index contributed by atoms with van der Waals surface area (Å²) in [5, 5.41) is -0.739. The largest absolute Gasteiger partial charge is 0.489 e. The van der Waals surface area contributed by atoms with Gasteiger partial charge in [0.2, 0.25) is 0 Å². The molecule has 0 bridgehead atoms. The Morgan fingerprint density at radius 3 is 2.46 bits per heavy atom. The Kier molecular flexibility index (Phi) is 4.41. The summed E-state index contributed by atoms with van der Waals surface area (Å²) in [5.74, 6) is -0.798. The predicted octanol–water partition coefficient (Wildman–Crippen LogP) is 4.23. The average Bonchev–Trinajstić information content (AvgIpc) is 2.96. The fourth-order valence-electron chi connectivity index (χ4n) is 2.79. The summed E-state index contributed by atoms with van der Waals surface area (Å²) in [4.78, 5) is 17.3. The lowest BCUT2D eigenvalue weighted by Crippen LogP contribution is -2.37. The number of hydrogen-bond acceptors (Lipinski definition) is 2. The van der Waals surface area contributed by atoms with Crippen LogP contribution in [0.2, 0.25) is 5.02 Å². The summed E-state index contributed by atoms with van der Waals surface area (Å²) >= 11 is 5.74. The minimum Gasteiger partial charge on any atom is -0.332 e. The molecule has 0 spiro atoms.